The molecule has 11 heavy (non-hydrogen) atoms. The van der Waals surface area contributed by atoms with Gasteiger partial charge in [0.2, 0.25) is 0 Å². The van der Waals surface area contributed by atoms with Crippen LogP contribution in [0.25, 0.3) is 0 Å². The van der Waals surface area contributed by atoms with Crippen LogP contribution in [0, 0.1) is 0 Å². The fourth-order valence-electron chi connectivity index (χ4n) is 0.992. The fraction of sp³-hybridized carbons (Fsp3) is 0.875. The summed E-state index contributed by atoms with van der Waals surface area (Å²) in [5.74, 6) is 1.02. The van der Waals surface area contributed by atoms with Crippen molar-refractivity contribution < 1.29 is 4.74 Å². The van der Waals surface area contributed by atoms with Crippen molar-refractivity contribution in [3.05, 3.63) is 0 Å². The largest absolute Gasteiger partial charge is 0.374 e. The highest BCUT2D eigenvalue weighted by Crippen LogP contribution is 1.90. The topological polar surface area (TPSA) is 33.6 Å². The van der Waals surface area contributed by atoms with E-state index in [0.29, 0.717) is 6.61 Å². The molecule has 1 aliphatic rings. The highest BCUT2D eigenvalue weighted by molar-refractivity contribution is 5.83. The summed E-state index contributed by atoms with van der Waals surface area (Å²) in [6.45, 7) is 5.61. The molecule has 0 atom stereocenters. The Balaban J connectivity index is 2.09. The Labute approximate surface area is 67.8 Å². The molecule has 0 fully saturated rings. The second-order valence-electron chi connectivity index (χ2n) is 2.66. The number of nitrogens with one attached hydrogen (secondary N) is 1. The molecule has 1 rings (SSSR count). The van der Waals surface area contributed by atoms with Crippen LogP contribution in [-0.4, -0.2) is 32.1 Å². The van der Waals surface area contributed by atoms with E-state index in [9.17, 15) is 0 Å². The molecule has 0 aromatic heterocycles. The van der Waals surface area contributed by atoms with Crippen molar-refractivity contribution in [3.63, 3.8) is 0 Å². The van der Waals surface area contributed by atoms with E-state index in [1.165, 1.54) is 0 Å². The smallest absolute Gasteiger partial charge is 0.123 e. The molecule has 1 aliphatic heterocycles. The Kier molecular flexibility index (Phi) is 3.98. The zero-order chi connectivity index (χ0) is 7.94. The van der Waals surface area contributed by atoms with Crippen molar-refractivity contribution in [1.82, 2.24) is 5.32 Å². The molecule has 0 bridgehead atoms. The second-order valence-corrected chi connectivity index (χ2v) is 2.66. The van der Waals surface area contributed by atoms with E-state index in [1.54, 1.807) is 0 Å². The highest BCUT2D eigenvalue weighted by Gasteiger charge is 2.02. The van der Waals surface area contributed by atoms with Gasteiger partial charge in [-0.1, -0.05) is 6.92 Å². The molecule has 3 nitrogen and oxygen atoms in total. The lowest BCUT2D eigenvalue weighted by molar-refractivity contribution is 0.170. The number of aliphatic imine (C=N–C) groups is 1. The molecule has 1 heterocycles. The monoisotopic (exact) mass is 156 g/mol. The van der Waals surface area contributed by atoms with E-state index in [0.717, 1.165) is 38.4 Å². The minimum absolute atomic E-state index is 0.661. The van der Waals surface area contributed by atoms with E-state index >= 15 is 0 Å². The lowest BCUT2D eigenvalue weighted by atomic mass is 10.3. The first kappa shape index (κ1) is 8.53. The van der Waals surface area contributed by atoms with Crippen LogP contribution in [0.4, 0.5) is 0 Å². The summed E-state index contributed by atoms with van der Waals surface area (Å²) >= 11 is 0. The molecule has 0 radical (unpaired) electrons. The van der Waals surface area contributed by atoms with Crippen LogP contribution in [-0.2, 0) is 4.74 Å². The van der Waals surface area contributed by atoms with Gasteiger partial charge < -0.3 is 10.1 Å². The van der Waals surface area contributed by atoms with Crippen LogP contribution in [0.15, 0.2) is 4.99 Å². The predicted molar refractivity (Wildman–Crippen MR) is 46.0 cm³/mol. The second kappa shape index (κ2) is 5.13. The van der Waals surface area contributed by atoms with Gasteiger partial charge in [0.15, 0.2) is 0 Å². The standard InChI is InChI=1S/C8H16N2O/c1-2-6-11-7-8-9-4-3-5-10-8/h2-7H2,1H3,(H,9,10). The molecule has 0 aromatic rings. The van der Waals surface area contributed by atoms with Gasteiger partial charge >= 0.3 is 0 Å². The first-order valence-electron chi connectivity index (χ1n) is 4.28. The number of hydrogen-bond acceptors (Lipinski definition) is 3. The highest BCUT2D eigenvalue weighted by atomic mass is 16.5. The van der Waals surface area contributed by atoms with Gasteiger partial charge in [0.1, 0.15) is 12.4 Å². The summed E-state index contributed by atoms with van der Waals surface area (Å²) in [7, 11) is 0. The Morgan fingerprint density at radius 3 is 3.18 bits per heavy atom. The van der Waals surface area contributed by atoms with Gasteiger partial charge in [0.25, 0.3) is 0 Å². The molecule has 1 N–H and O–H groups in total. The van der Waals surface area contributed by atoms with Crippen molar-refractivity contribution in [2.24, 2.45) is 4.99 Å². The van der Waals surface area contributed by atoms with Crippen LogP contribution in [0.1, 0.15) is 19.8 Å². The van der Waals surface area contributed by atoms with Crippen molar-refractivity contribution in [2.75, 3.05) is 26.3 Å². The summed E-state index contributed by atoms with van der Waals surface area (Å²) in [6, 6.07) is 0. The summed E-state index contributed by atoms with van der Waals surface area (Å²) < 4.78 is 5.33. The van der Waals surface area contributed by atoms with Gasteiger partial charge in [-0.15, -0.1) is 0 Å². The third-order valence-electron chi connectivity index (χ3n) is 1.55. The van der Waals surface area contributed by atoms with Crippen LogP contribution >= 0.6 is 0 Å². The van der Waals surface area contributed by atoms with Crippen molar-refractivity contribution in [3.8, 4) is 0 Å². The fourth-order valence-corrected chi connectivity index (χ4v) is 0.992. The number of amidine groups is 1. The quantitative estimate of drug-likeness (QED) is 0.611. The summed E-state index contributed by atoms with van der Waals surface area (Å²) in [5.41, 5.74) is 0. The maximum Gasteiger partial charge on any atom is 0.123 e. The van der Waals surface area contributed by atoms with Gasteiger partial charge in [-0.2, -0.15) is 0 Å². The van der Waals surface area contributed by atoms with E-state index in [-0.39, 0.29) is 0 Å². The van der Waals surface area contributed by atoms with Gasteiger partial charge in [0.05, 0.1) is 0 Å². The van der Waals surface area contributed by atoms with Gasteiger partial charge in [-0.25, -0.2) is 0 Å². The average molecular weight is 156 g/mol. The first-order valence-corrected chi connectivity index (χ1v) is 4.28. The summed E-state index contributed by atoms with van der Waals surface area (Å²) in [6.07, 6.45) is 2.23. The first-order chi connectivity index (χ1) is 5.43. The minimum Gasteiger partial charge on any atom is -0.374 e. The average Bonchev–Trinajstić information content (AvgIpc) is 2.07. The van der Waals surface area contributed by atoms with Crippen LogP contribution < -0.4 is 5.32 Å². The maximum atomic E-state index is 5.33. The number of ether oxygens (including phenoxy) is 1. The minimum atomic E-state index is 0.661. The summed E-state index contributed by atoms with van der Waals surface area (Å²) in [5, 5.41) is 3.20. The molecule has 0 aliphatic carbocycles. The SMILES string of the molecule is CCCOCC1=NCCCN1. The molecule has 0 spiro atoms. The molecule has 64 valence electrons. The van der Waals surface area contributed by atoms with Gasteiger partial charge in [-0.05, 0) is 12.8 Å². The van der Waals surface area contributed by atoms with E-state index in [1.807, 2.05) is 0 Å². The molecular formula is C8H16N2O. The van der Waals surface area contributed by atoms with Crippen LogP contribution in [0.3, 0.4) is 0 Å². The Hall–Kier alpha value is -0.570. The molecule has 0 saturated heterocycles. The molecule has 0 unspecified atom stereocenters. The number of rotatable bonds is 4. The van der Waals surface area contributed by atoms with Gasteiger partial charge in [-0.3, -0.25) is 4.99 Å². The third kappa shape index (κ3) is 3.37. The lowest BCUT2D eigenvalue weighted by Gasteiger charge is -2.13. The molecule has 0 saturated carbocycles. The van der Waals surface area contributed by atoms with Crippen LogP contribution in [0.2, 0.25) is 0 Å². The number of nitrogens with zero attached hydrogens (tertiary/aromatic N) is 1. The zero-order valence-corrected chi connectivity index (χ0v) is 7.10. The zero-order valence-electron chi connectivity index (χ0n) is 7.10. The van der Waals surface area contributed by atoms with Crippen molar-refractivity contribution in [1.29, 1.82) is 0 Å². The Bertz CT molecular complexity index is 134. The third-order valence-corrected chi connectivity index (χ3v) is 1.55. The number of hydrogen-bond donors (Lipinski definition) is 1. The van der Waals surface area contributed by atoms with E-state index in [4.69, 9.17) is 4.74 Å². The van der Waals surface area contributed by atoms with Gasteiger partial charge in [0, 0.05) is 19.7 Å². The molecule has 3 heteroatoms. The summed E-state index contributed by atoms with van der Waals surface area (Å²) in [4.78, 5) is 4.28. The van der Waals surface area contributed by atoms with Crippen molar-refractivity contribution >= 4 is 5.84 Å². The maximum absolute atomic E-state index is 5.33. The van der Waals surface area contributed by atoms with Crippen molar-refractivity contribution in [2.45, 2.75) is 19.8 Å². The Morgan fingerprint density at radius 1 is 1.64 bits per heavy atom. The predicted octanol–water partition coefficient (Wildman–Crippen LogP) is 0.805. The Morgan fingerprint density at radius 2 is 2.55 bits per heavy atom. The molecular weight excluding hydrogens is 140 g/mol. The van der Waals surface area contributed by atoms with Crippen LogP contribution in [0.5, 0.6) is 0 Å². The lowest BCUT2D eigenvalue weighted by Crippen LogP contribution is -2.32. The molecule has 0 aromatic carbocycles. The van der Waals surface area contributed by atoms with E-state index < -0.39 is 0 Å². The normalized spacial score (nSPS) is 17.4. The molecule has 0 amide bonds. The van der Waals surface area contributed by atoms with E-state index in [2.05, 4.69) is 17.2 Å².